The summed E-state index contributed by atoms with van der Waals surface area (Å²) in [5, 5.41) is 9.46. The monoisotopic (exact) mass is 155 g/mol. The minimum atomic E-state index is -0.428. The predicted molar refractivity (Wildman–Crippen MR) is 36.8 cm³/mol. The molecule has 1 aromatic rings. The normalized spacial score (nSPS) is 12.5. The van der Waals surface area contributed by atoms with E-state index in [1.807, 2.05) is 0 Å². The maximum Gasteiger partial charge on any atom is 0.233 e. The van der Waals surface area contributed by atoms with Gasteiger partial charge in [0.15, 0.2) is 0 Å². The van der Waals surface area contributed by atoms with Crippen molar-refractivity contribution in [3.8, 4) is 0 Å². The molecule has 0 aromatic carbocycles. The van der Waals surface area contributed by atoms with E-state index in [2.05, 4.69) is 0 Å². The van der Waals surface area contributed by atoms with E-state index >= 15 is 0 Å². The molecule has 0 aliphatic heterocycles. The lowest BCUT2D eigenvalue weighted by molar-refractivity contribution is -0.160. The van der Waals surface area contributed by atoms with Gasteiger partial charge in [-0.1, -0.05) is 0 Å². The summed E-state index contributed by atoms with van der Waals surface area (Å²) in [6.07, 6.45) is 1.83. The standard InChI is InChI=1S/C7H9NO3/c1-6(8(10)5-9)7-3-2-4-11-7/h2-6,10H,1H3. The average molecular weight is 155 g/mol. The number of carbonyl (C=O) groups is 1. The Labute approximate surface area is 64.0 Å². The summed E-state index contributed by atoms with van der Waals surface area (Å²) in [5.41, 5.74) is 0. The molecule has 0 aliphatic rings. The Morgan fingerprint density at radius 1 is 1.82 bits per heavy atom. The second kappa shape index (κ2) is 3.21. The van der Waals surface area contributed by atoms with Gasteiger partial charge in [0.1, 0.15) is 11.8 Å². The number of hydroxylamine groups is 2. The molecule has 11 heavy (non-hydrogen) atoms. The lowest BCUT2D eigenvalue weighted by atomic mass is 10.2. The molecule has 1 amide bonds. The molecule has 1 heterocycles. The molecule has 0 saturated heterocycles. The molecule has 1 unspecified atom stereocenters. The Balaban J connectivity index is 2.69. The molecule has 4 heteroatoms. The number of amides is 1. The van der Waals surface area contributed by atoms with E-state index in [9.17, 15) is 4.79 Å². The van der Waals surface area contributed by atoms with E-state index < -0.39 is 6.04 Å². The summed E-state index contributed by atoms with van der Waals surface area (Å²) >= 11 is 0. The van der Waals surface area contributed by atoms with Crippen LogP contribution in [0.3, 0.4) is 0 Å². The third-order valence-electron chi connectivity index (χ3n) is 1.46. The van der Waals surface area contributed by atoms with Gasteiger partial charge in [0.25, 0.3) is 0 Å². The van der Waals surface area contributed by atoms with Crippen molar-refractivity contribution in [3.63, 3.8) is 0 Å². The molecule has 0 spiro atoms. The van der Waals surface area contributed by atoms with Gasteiger partial charge in [0.2, 0.25) is 6.41 Å². The highest BCUT2D eigenvalue weighted by Gasteiger charge is 2.13. The molecular weight excluding hydrogens is 146 g/mol. The van der Waals surface area contributed by atoms with Gasteiger partial charge >= 0.3 is 0 Å². The predicted octanol–water partition coefficient (Wildman–Crippen LogP) is 1.19. The third kappa shape index (κ3) is 1.59. The molecule has 0 aliphatic carbocycles. The first-order valence-electron chi connectivity index (χ1n) is 3.21. The topological polar surface area (TPSA) is 53.7 Å². The zero-order valence-corrected chi connectivity index (χ0v) is 6.10. The average Bonchev–Trinajstić information content (AvgIpc) is 2.53. The minimum Gasteiger partial charge on any atom is -0.467 e. The molecule has 0 radical (unpaired) electrons. The second-order valence-electron chi connectivity index (χ2n) is 2.18. The van der Waals surface area contributed by atoms with E-state index in [1.165, 1.54) is 6.26 Å². The molecule has 1 rings (SSSR count). The van der Waals surface area contributed by atoms with Crippen molar-refractivity contribution in [1.29, 1.82) is 0 Å². The molecule has 60 valence electrons. The molecule has 1 atom stereocenters. The number of hydrogen-bond donors (Lipinski definition) is 1. The zero-order chi connectivity index (χ0) is 8.27. The minimum absolute atomic E-state index is 0.340. The number of furan rings is 1. The van der Waals surface area contributed by atoms with Gasteiger partial charge in [-0.05, 0) is 19.1 Å². The van der Waals surface area contributed by atoms with Crippen molar-refractivity contribution in [1.82, 2.24) is 5.06 Å². The van der Waals surface area contributed by atoms with E-state index in [1.54, 1.807) is 19.1 Å². The van der Waals surface area contributed by atoms with Crippen molar-refractivity contribution in [2.24, 2.45) is 0 Å². The number of nitrogens with zero attached hydrogens (tertiary/aromatic N) is 1. The van der Waals surface area contributed by atoms with E-state index in [0.29, 0.717) is 17.2 Å². The quantitative estimate of drug-likeness (QED) is 0.405. The Morgan fingerprint density at radius 2 is 2.55 bits per heavy atom. The Hall–Kier alpha value is -1.29. The fourth-order valence-corrected chi connectivity index (χ4v) is 0.751. The number of hydrogen-bond acceptors (Lipinski definition) is 3. The van der Waals surface area contributed by atoms with Crippen molar-refractivity contribution in [3.05, 3.63) is 24.2 Å². The van der Waals surface area contributed by atoms with Gasteiger partial charge < -0.3 is 4.42 Å². The summed E-state index contributed by atoms with van der Waals surface area (Å²) in [6, 6.07) is 2.96. The number of carbonyl (C=O) groups excluding carboxylic acids is 1. The fraction of sp³-hybridized carbons (Fsp3) is 0.286. The van der Waals surface area contributed by atoms with Gasteiger partial charge in [-0.3, -0.25) is 10.0 Å². The van der Waals surface area contributed by atoms with E-state index in [4.69, 9.17) is 9.62 Å². The van der Waals surface area contributed by atoms with E-state index in [-0.39, 0.29) is 0 Å². The van der Waals surface area contributed by atoms with Crippen LogP contribution in [0, 0.1) is 0 Å². The summed E-state index contributed by atoms with van der Waals surface area (Å²) < 4.78 is 4.96. The highest BCUT2D eigenvalue weighted by molar-refractivity contribution is 5.45. The third-order valence-corrected chi connectivity index (χ3v) is 1.46. The van der Waals surface area contributed by atoms with Crippen LogP contribution in [0.4, 0.5) is 0 Å². The van der Waals surface area contributed by atoms with Crippen LogP contribution in [-0.2, 0) is 4.79 Å². The molecule has 0 saturated carbocycles. The van der Waals surface area contributed by atoms with Crippen molar-refractivity contribution < 1.29 is 14.4 Å². The second-order valence-corrected chi connectivity index (χ2v) is 2.18. The van der Waals surface area contributed by atoms with Gasteiger partial charge in [0.05, 0.1) is 6.26 Å². The first kappa shape index (κ1) is 7.81. The summed E-state index contributed by atoms with van der Waals surface area (Å²) in [7, 11) is 0. The van der Waals surface area contributed by atoms with Crippen molar-refractivity contribution in [2.75, 3.05) is 0 Å². The Morgan fingerprint density at radius 3 is 3.00 bits per heavy atom. The highest BCUT2D eigenvalue weighted by Crippen LogP contribution is 2.16. The van der Waals surface area contributed by atoms with Crippen LogP contribution in [0.2, 0.25) is 0 Å². The number of rotatable bonds is 3. The Bertz CT molecular complexity index is 220. The fourth-order valence-electron chi connectivity index (χ4n) is 0.751. The van der Waals surface area contributed by atoms with Crippen molar-refractivity contribution >= 4 is 6.41 Å². The van der Waals surface area contributed by atoms with Crippen LogP contribution in [0.25, 0.3) is 0 Å². The molecule has 1 aromatic heterocycles. The van der Waals surface area contributed by atoms with Crippen LogP contribution in [0.1, 0.15) is 18.7 Å². The molecule has 4 nitrogen and oxygen atoms in total. The molecule has 0 bridgehead atoms. The van der Waals surface area contributed by atoms with Crippen molar-refractivity contribution in [2.45, 2.75) is 13.0 Å². The van der Waals surface area contributed by atoms with Gasteiger partial charge in [-0.2, -0.15) is 0 Å². The van der Waals surface area contributed by atoms with Crippen LogP contribution >= 0.6 is 0 Å². The lowest BCUT2D eigenvalue weighted by Gasteiger charge is -2.14. The van der Waals surface area contributed by atoms with Crippen LogP contribution in [0.15, 0.2) is 22.8 Å². The molecule has 1 N–H and O–H groups in total. The maximum atomic E-state index is 10.1. The van der Waals surface area contributed by atoms with Crippen LogP contribution in [-0.4, -0.2) is 16.7 Å². The first-order chi connectivity index (χ1) is 5.25. The van der Waals surface area contributed by atoms with Gasteiger partial charge in [0, 0.05) is 0 Å². The maximum absolute atomic E-state index is 10.1. The summed E-state index contributed by atoms with van der Waals surface area (Å²) in [5.74, 6) is 0.555. The molecular formula is C7H9NO3. The highest BCUT2D eigenvalue weighted by atomic mass is 16.5. The first-order valence-corrected chi connectivity index (χ1v) is 3.21. The van der Waals surface area contributed by atoms with Crippen LogP contribution in [0.5, 0.6) is 0 Å². The van der Waals surface area contributed by atoms with Gasteiger partial charge in [-0.25, -0.2) is 5.06 Å². The summed E-state index contributed by atoms with van der Waals surface area (Å²) in [4.78, 5) is 10.1. The smallest absolute Gasteiger partial charge is 0.233 e. The zero-order valence-electron chi connectivity index (χ0n) is 6.10. The van der Waals surface area contributed by atoms with Crippen LogP contribution < -0.4 is 0 Å². The largest absolute Gasteiger partial charge is 0.467 e. The Kier molecular flexibility index (Phi) is 2.28. The SMILES string of the molecule is CC(c1ccco1)N(O)C=O. The molecule has 0 fully saturated rings. The lowest BCUT2D eigenvalue weighted by Crippen LogP contribution is -2.20. The van der Waals surface area contributed by atoms with E-state index in [0.717, 1.165) is 0 Å². The summed E-state index contributed by atoms with van der Waals surface area (Å²) in [6.45, 7) is 1.66. The van der Waals surface area contributed by atoms with Gasteiger partial charge in [-0.15, -0.1) is 0 Å².